The van der Waals surface area contributed by atoms with Crippen LogP contribution in [0.4, 0.5) is 15.8 Å². The fourth-order valence-electron chi connectivity index (χ4n) is 3.14. The van der Waals surface area contributed by atoms with Gasteiger partial charge >= 0.3 is 0 Å². The van der Waals surface area contributed by atoms with Gasteiger partial charge in [-0.1, -0.05) is 6.07 Å². The molecule has 1 fully saturated rings. The van der Waals surface area contributed by atoms with Gasteiger partial charge < -0.3 is 15.5 Å². The molecule has 2 aromatic carbocycles. The summed E-state index contributed by atoms with van der Waals surface area (Å²) in [6.07, 6.45) is 1.04. The van der Waals surface area contributed by atoms with Gasteiger partial charge in [-0.15, -0.1) is 0 Å². The molecule has 0 bridgehead atoms. The minimum absolute atomic E-state index is 0.0385. The molecule has 0 aromatic heterocycles. The van der Waals surface area contributed by atoms with Crippen LogP contribution in [0.3, 0.4) is 0 Å². The Kier molecular flexibility index (Phi) is 5.78. The van der Waals surface area contributed by atoms with Crippen LogP contribution in [0.1, 0.15) is 13.3 Å². The van der Waals surface area contributed by atoms with Crippen molar-refractivity contribution in [3.63, 3.8) is 0 Å². The lowest BCUT2D eigenvalue weighted by Crippen LogP contribution is -2.28. The molecule has 0 radical (unpaired) electrons. The van der Waals surface area contributed by atoms with Gasteiger partial charge in [-0.05, 0) is 56.3 Å². The number of anilines is 2. The maximum Gasteiger partial charge on any atom is 0.208 e. The summed E-state index contributed by atoms with van der Waals surface area (Å²) in [6, 6.07) is 10.4. The summed E-state index contributed by atoms with van der Waals surface area (Å²) in [4.78, 5) is 2.38. The number of halogens is 1. The fourth-order valence-corrected chi connectivity index (χ4v) is 4.59. The van der Waals surface area contributed by atoms with E-state index in [0.29, 0.717) is 12.2 Å². The average molecular weight is 377 g/mol. The molecule has 0 aliphatic carbocycles. The minimum Gasteiger partial charge on any atom is -0.384 e. The van der Waals surface area contributed by atoms with E-state index in [1.165, 1.54) is 18.2 Å². The van der Waals surface area contributed by atoms with Crippen molar-refractivity contribution in [1.82, 2.24) is 5.32 Å². The largest absolute Gasteiger partial charge is 0.384 e. The van der Waals surface area contributed by atoms with Gasteiger partial charge in [-0.3, -0.25) is 0 Å². The Balaban J connectivity index is 2.01. The summed E-state index contributed by atoms with van der Waals surface area (Å²) in [5.41, 5.74) is 1.54. The molecule has 7 heteroatoms. The first-order chi connectivity index (χ1) is 12.5. The van der Waals surface area contributed by atoms with Crippen molar-refractivity contribution >= 4 is 21.2 Å². The van der Waals surface area contributed by atoms with Crippen molar-refractivity contribution in [3.05, 3.63) is 48.3 Å². The molecule has 2 N–H and O–H groups in total. The van der Waals surface area contributed by atoms with Crippen LogP contribution in [0.15, 0.2) is 52.3 Å². The SMILES string of the molecule is CCNc1cc(N2CCCNCC2)ccc1S(=O)(=O)c1cccc(F)c1. The second kappa shape index (κ2) is 8.05. The first-order valence-corrected chi connectivity index (χ1v) is 10.3. The van der Waals surface area contributed by atoms with Gasteiger partial charge in [0.25, 0.3) is 0 Å². The average Bonchev–Trinajstić information content (AvgIpc) is 2.91. The fraction of sp³-hybridized carbons (Fsp3) is 0.368. The van der Waals surface area contributed by atoms with Gasteiger partial charge in [0.1, 0.15) is 5.82 Å². The molecular formula is C19H24FN3O2S. The van der Waals surface area contributed by atoms with E-state index < -0.39 is 15.7 Å². The molecule has 1 saturated heterocycles. The molecule has 2 aromatic rings. The first-order valence-electron chi connectivity index (χ1n) is 8.86. The molecule has 140 valence electrons. The molecule has 1 aliphatic heterocycles. The van der Waals surface area contributed by atoms with Crippen LogP contribution in [-0.4, -0.2) is 41.1 Å². The number of hydrogen-bond donors (Lipinski definition) is 2. The zero-order chi connectivity index (χ0) is 18.6. The Labute approximate surface area is 154 Å². The van der Waals surface area contributed by atoms with Crippen LogP contribution in [-0.2, 0) is 9.84 Å². The molecule has 0 unspecified atom stereocenters. The van der Waals surface area contributed by atoms with Gasteiger partial charge in [-0.25, -0.2) is 12.8 Å². The predicted octanol–water partition coefficient (Wildman–Crippen LogP) is 2.89. The van der Waals surface area contributed by atoms with E-state index >= 15 is 0 Å². The summed E-state index contributed by atoms with van der Waals surface area (Å²) in [6.45, 7) is 6.20. The number of sulfone groups is 1. The Hall–Kier alpha value is -2.12. The van der Waals surface area contributed by atoms with E-state index in [1.807, 2.05) is 19.1 Å². The number of nitrogens with one attached hydrogen (secondary N) is 2. The lowest BCUT2D eigenvalue weighted by Gasteiger charge is -2.24. The first kappa shape index (κ1) is 18.7. The van der Waals surface area contributed by atoms with Crippen LogP contribution in [0.2, 0.25) is 0 Å². The molecule has 0 amide bonds. The Morgan fingerprint density at radius 2 is 2.00 bits per heavy atom. The molecule has 0 saturated carbocycles. The maximum atomic E-state index is 13.5. The molecule has 1 heterocycles. The normalized spacial score (nSPS) is 15.5. The van der Waals surface area contributed by atoms with Crippen molar-refractivity contribution in [2.45, 2.75) is 23.1 Å². The second-order valence-electron chi connectivity index (χ2n) is 6.26. The monoisotopic (exact) mass is 377 g/mol. The zero-order valence-corrected chi connectivity index (χ0v) is 15.7. The van der Waals surface area contributed by atoms with Crippen molar-refractivity contribution < 1.29 is 12.8 Å². The van der Waals surface area contributed by atoms with Crippen molar-refractivity contribution in [2.24, 2.45) is 0 Å². The highest BCUT2D eigenvalue weighted by atomic mass is 32.2. The van der Waals surface area contributed by atoms with Crippen LogP contribution < -0.4 is 15.5 Å². The lowest BCUT2D eigenvalue weighted by atomic mass is 10.2. The van der Waals surface area contributed by atoms with Gasteiger partial charge in [0, 0.05) is 31.9 Å². The predicted molar refractivity (Wildman–Crippen MR) is 102 cm³/mol. The molecule has 0 spiro atoms. The van der Waals surface area contributed by atoms with Crippen LogP contribution in [0.5, 0.6) is 0 Å². The van der Waals surface area contributed by atoms with Crippen LogP contribution in [0.25, 0.3) is 0 Å². The van der Waals surface area contributed by atoms with Crippen LogP contribution in [0, 0.1) is 5.82 Å². The number of nitrogens with zero attached hydrogens (tertiary/aromatic N) is 1. The molecule has 5 nitrogen and oxygen atoms in total. The highest BCUT2D eigenvalue weighted by molar-refractivity contribution is 7.91. The topological polar surface area (TPSA) is 61.4 Å². The maximum absolute atomic E-state index is 13.5. The van der Waals surface area contributed by atoms with Gasteiger partial charge in [0.15, 0.2) is 0 Å². The van der Waals surface area contributed by atoms with Gasteiger partial charge in [-0.2, -0.15) is 0 Å². The summed E-state index contributed by atoms with van der Waals surface area (Å²) in [7, 11) is -3.80. The molecule has 3 rings (SSSR count). The Morgan fingerprint density at radius 1 is 1.15 bits per heavy atom. The van der Waals surface area contributed by atoms with Crippen LogP contribution >= 0.6 is 0 Å². The molecule has 0 atom stereocenters. The summed E-state index contributed by atoms with van der Waals surface area (Å²) in [5, 5.41) is 6.51. The van der Waals surface area contributed by atoms with Crippen molar-refractivity contribution in [3.8, 4) is 0 Å². The van der Waals surface area contributed by atoms with E-state index in [-0.39, 0.29) is 9.79 Å². The third-order valence-electron chi connectivity index (χ3n) is 4.43. The number of benzene rings is 2. The zero-order valence-electron chi connectivity index (χ0n) is 14.8. The van der Waals surface area contributed by atoms with E-state index in [2.05, 4.69) is 15.5 Å². The standard InChI is InChI=1S/C19H24FN3O2S/c1-2-22-18-14-16(23-11-4-9-21-10-12-23)7-8-19(18)26(24,25)17-6-3-5-15(20)13-17/h3,5-8,13-14,21-22H,2,4,9-12H2,1H3. The molecule has 26 heavy (non-hydrogen) atoms. The highest BCUT2D eigenvalue weighted by Crippen LogP contribution is 2.32. The number of hydrogen-bond acceptors (Lipinski definition) is 5. The van der Waals surface area contributed by atoms with Crippen molar-refractivity contribution in [2.75, 3.05) is 42.9 Å². The Morgan fingerprint density at radius 3 is 2.77 bits per heavy atom. The third kappa shape index (κ3) is 3.99. The lowest BCUT2D eigenvalue weighted by molar-refractivity contribution is 0.591. The highest BCUT2D eigenvalue weighted by Gasteiger charge is 2.23. The van der Waals surface area contributed by atoms with E-state index in [4.69, 9.17) is 0 Å². The van der Waals surface area contributed by atoms with Crippen molar-refractivity contribution in [1.29, 1.82) is 0 Å². The Bertz CT molecular complexity index is 863. The number of rotatable bonds is 5. The molecular weight excluding hydrogens is 353 g/mol. The second-order valence-corrected chi connectivity index (χ2v) is 8.18. The quantitative estimate of drug-likeness (QED) is 0.839. The van der Waals surface area contributed by atoms with Gasteiger partial charge in [0.2, 0.25) is 9.84 Å². The minimum atomic E-state index is -3.80. The summed E-state index contributed by atoms with van der Waals surface area (Å²) >= 11 is 0. The van der Waals surface area contributed by atoms with E-state index in [9.17, 15) is 12.8 Å². The summed E-state index contributed by atoms with van der Waals surface area (Å²) < 4.78 is 39.5. The molecule has 1 aliphatic rings. The van der Waals surface area contributed by atoms with Gasteiger partial charge in [0.05, 0.1) is 15.5 Å². The third-order valence-corrected chi connectivity index (χ3v) is 6.24. The smallest absolute Gasteiger partial charge is 0.208 e. The van der Waals surface area contributed by atoms with E-state index in [0.717, 1.165) is 44.4 Å². The summed E-state index contributed by atoms with van der Waals surface area (Å²) in [5.74, 6) is -0.565. The van der Waals surface area contributed by atoms with E-state index in [1.54, 1.807) is 6.07 Å².